The number of aliphatic hydroxyl groups is 1. The third-order valence-corrected chi connectivity index (χ3v) is 3.62. The molecule has 0 bridgehead atoms. The molecule has 0 aromatic carbocycles. The van der Waals surface area contributed by atoms with Crippen molar-refractivity contribution in [1.82, 2.24) is 14.6 Å². The van der Waals surface area contributed by atoms with Crippen LogP contribution in [0.25, 0.3) is 0 Å². The smallest absolute Gasteiger partial charge is 0.362 e. The normalized spacial score (nSPS) is 23.9. The molecule has 132 valence electrons. The van der Waals surface area contributed by atoms with E-state index < -0.39 is 23.4 Å². The Bertz CT molecular complexity index is 690. The highest BCUT2D eigenvalue weighted by Crippen LogP contribution is 2.34. The topological polar surface area (TPSA) is 123 Å². The molecule has 2 N–H and O–H groups in total. The second-order valence-electron chi connectivity index (χ2n) is 5.33. The number of aromatic nitrogens is 2. The molecule has 1 amide bonds. The second-order valence-corrected chi connectivity index (χ2v) is 5.33. The monoisotopic (exact) mass is 340 g/mol. The zero-order valence-corrected chi connectivity index (χ0v) is 13.7. The van der Waals surface area contributed by atoms with Gasteiger partial charge in [-0.15, -0.1) is 0 Å². The van der Waals surface area contributed by atoms with Crippen molar-refractivity contribution in [3.8, 4) is 0 Å². The maximum atomic E-state index is 12.5. The van der Waals surface area contributed by atoms with E-state index in [9.17, 15) is 19.5 Å². The van der Waals surface area contributed by atoms with E-state index in [1.165, 1.54) is 24.3 Å². The molecule has 1 saturated heterocycles. The Balaban J connectivity index is 2.47. The molecule has 0 unspecified atom stereocenters. The lowest BCUT2D eigenvalue weighted by Crippen LogP contribution is -2.49. The molecule has 1 aromatic rings. The molecule has 1 aromatic heterocycles. The first-order valence-electron chi connectivity index (χ1n) is 7.42. The van der Waals surface area contributed by atoms with Crippen LogP contribution in [0, 0.1) is 0 Å². The summed E-state index contributed by atoms with van der Waals surface area (Å²) in [6, 6.07) is 0.885. The Morgan fingerprint density at radius 2 is 2.29 bits per heavy atom. The highest BCUT2D eigenvalue weighted by atomic mass is 16.7. The molecule has 2 rings (SSSR count). The highest BCUT2D eigenvalue weighted by Gasteiger charge is 2.53. The Labute approximate surface area is 137 Å². The van der Waals surface area contributed by atoms with Crippen LogP contribution in [0.4, 0.5) is 5.82 Å². The van der Waals surface area contributed by atoms with E-state index in [0.29, 0.717) is 0 Å². The number of ether oxygens (including phenoxy) is 1. The summed E-state index contributed by atoms with van der Waals surface area (Å²) in [4.78, 5) is 45.2. The molecule has 0 radical (unpaired) electrons. The van der Waals surface area contributed by atoms with E-state index in [1.54, 1.807) is 14.0 Å². The summed E-state index contributed by atoms with van der Waals surface area (Å²) in [5, 5.41) is 13.1. The lowest BCUT2D eigenvalue weighted by molar-refractivity contribution is -0.238. The number of nitrogens with zero attached hydrogens (tertiary/aromatic N) is 3. The van der Waals surface area contributed by atoms with Crippen molar-refractivity contribution < 1.29 is 24.3 Å². The Morgan fingerprint density at radius 3 is 2.79 bits per heavy atom. The number of amides is 1. The first-order valence-corrected chi connectivity index (χ1v) is 7.42. The fourth-order valence-corrected chi connectivity index (χ4v) is 2.51. The van der Waals surface area contributed by atoms with Crippen LogP contribution in [0.5, 0.6) is 0 Å². The van der Waals surface area contributed by atoms with Crippen molar-refractivity contribution in [3.05, 3.63) is 22.7 Å². The van der Waals surface area contributed by atoms with Gasteiger partial charge in [0.1, 0.15) is 5.82 Å². The van der Waals surface area contributed by atoms with Crippen LogP contribution in [0.15, 0.2) is 17.1 Å². The van der Waals surface area contributed by atoms with Crippen LogP contribution in [0.2, 0.25) is 0 Å². The van der Waals surface area contributed by atoms with Crippen molar-refractivity contribution in [2.75, 3.05) is 25.6 Å². The lowest BCUT2D eigenvalue weighted by atomic mass is 10.1. The van der Waals surface area contributed by atoms with Gasteiger partial charge in [0.25, 0.3) is 5.72 Å². The SMILES string of the molecule is CCOC(=O)[C@@]1(n2ccc(NC(C)=O)nc2=O)C[C@H](CO)N(C)O1. The van der Waals surface area contributed by atoms with Crippen LogP contribution in [-0.4, -0.2) is 57.9 Å². The molecular formula is C14H20N4O6. The standard InChI is InChI=1S/C14H20N4O6/c1-4-23-12(21)14(7-10(8-19)17(3)24-14)18-6-5-11(15-9(2)20)16-13(18)22/h5-6,10,19H,4,7-8H2,1-3H3,(H,15,16,20,22)/t10-,14-/m1/s1. The summed E-state index contributed by atoms with van der Waals surface area (Å²) in [6.45, 7) is 2.76. The number of carbonyl (C=O) groups excluding carboxylic acids is 2. The average molecular weight is 340 g/mol. The first-order chi connectivity index (χ1) is 11.3. The van der Waals surface area contributed by atoms with Gasteiger partial charge in [-0.3, -0.25) is 14.2 Å². The number of hydrogen-bond donors (Lipinski definition) is 2. The van der Waals surface area contributed by atoms with Crippen molar-refractivity contribution >= 4 is 17.7 Å². The number of esters is 1. The Morgan fingerprint density at radius 1 is 1.58 bits per heavy atom. The molecule has 0 saturated carbocycles. The predicted molar refractivity (Wildman–Crippen MR) is 81.7 cm³/mol. The molecule has 0 spiro atoms. The number of nitrogens with one attached hydrogen (secondary N) is 1. The van der Waals surface area contributed by atoms with Gasteiger partial charge in [0.2, 0.25) is 5.91 Å². The number of rotatable bonds is 5. The van der Waals surface area contributed by atoms with Crippen molar-refractivity contribution in [2.24, 2.45) is 0 Å². The Hall–Kier alpha value is -2.30. The summed E-state index contributed by atoms with van der Waals surface area (Å²) < 4.78 is 6.05. The summed E-state index contributed by atoms with van der Waals surface area (Å²) in [6.07, 6.45) is 1.31. The number of likely N-dealkylation sites (N-methyl/N-ethyl adjacent to an activating group) is 1. The minimum absolute atomic E-state index is 0.0138. The molecule has 2 atom stereocenters. The van der Waals surface area contributed by atoms with Crippen LogP contribution in [0.3, 0.4) is 0 Å². The molecule has 2 heterocycles. The molecule has 1 fully saturated rings. The summed E-state index contributed by atoms with van der Waals surface area (Å²) >= 11 is 0. The lowest BCUT2D eigenvalue weighted by Gasteiger charge is -2.27. The van der Waals surface area contributed by atoms with E-state index >= 15 is 0 Å². The summed E-state index contributed by atoms with van der Waals surface area (Å²) in [5.74, 6) is -1.08. The van der Waals surface area contributed by atoms with Gasteiger partial charge in [0.15, 0.2) is 0 Å². The molecule has 1 aliphatic heterocycles. The summed E-state index contributed by atoms with van der Waals surface area (Å²) in [7, 11) is 1.55. The molecule has 1 aliphatic rings. The molecule has 10 nitrogen and oxygen atoms in total. The van der Waals surface area contributed by atoms with Crippen LogP contribution in [-0.2, 0) is 24.9 Å². The van der Waals surface area contributed by atoms with Gasteiger partial charge in [0, 0.05) is 26.6 Å². The second kappa shape index (κ2) is 7.07. The maximum absolute atomic E-state index is 12.5. The zero-order chi connectivity index (χ0) is 17.9. The number of hydrogen-bond acceptors (Lipinski definition) is 8. The van der Waals surface area contributed by atoms with Gasteiger partial charge in [-0.25, -0.2) is 9.59 Å². The fraction of sp³-hybridized carbons (Fsp3) is 0.571. The van der Waals surface area contributed by atoms with Crippen LogP contribution < -0.4 is 11.0 Å². The van der Waals surface area contributed by atoms with E-state index in [0.717, 1.165) is 4.57 Å². The van der Waals surface area contributed by atoms with E-state index in [1.807, 2.05) is 0 Å². The third-order valence-electron chi connectivity index (χ3n) is 3.62. The van der Waals surface area contributed by atoms with Crippen LogP contribution in [0.1, 0.15) is 20.3 Å². The van der Waals surface area contributed by atoms with Crippen molar-refractivity contribution in [1.29, 1.82) is 0 Å². The largest absolute Gasteiger partial charge is 0.462 e. The quantitative estimate of drug-likeness (QED) is 0.658. The fourth-order valence-electron chi connectivity index (χ4n) is 2.51. The van der Waals surface area contributed by atoms with Gasteiger partial charge in [-0.05, 0) is 13.0 Å². The minimum atomic E-state index is -1.75. The number of aliphatic hydroxyl groups excluding tert-OH is 1. The number of carbonyl (C=O) groups is 2. The van der Waals surface area contributed by atoms with E-state index in [2.05, 4.69) is 10.3 Å². The maximum Gasteiger partial charge on any atom is 0.362 e. The van der Waals surface area contributed by atoms with Crippen LogP contribution >= 0.6 is 0 Å². The first kappa shape index (κ1) is 18.0. The summed E-state index contributed by atoms with van der Waals surface area (Å²) in [5.41, 5.74) is -2.54. The molecule has 24 heavy (non-hydrogen) atoms. The van der Waals surface area contributed by atoms with Gasteiger partial charge >= 0.3 is 11.7 Å². The predicted octanol–water partition coefficient (Wildman–Crippen LogP) is -0.954. The number of hydroxylamine groups is 2. The van der Waals surface area contributed by atoms with E-state index in [4.69, 9.17) is 9.57 Å². The van der Waals surface area contributed by atoms with Crippen molar-refractivity contribution in [3.63, 3.8) is 0 Å². The van der Waals surface area contributed by atoms with E-state index in [-0.39, 0.29) is 31.4 Å². The van der Waals surface area contributed by atoms with Gasteiger partial charge in [-0.1, -0.05) is 0 Å². The van der Waals surface area contributed by atoms with Gasteiger partial charge in [0.05, 0.1) is 19.3 Å². The zero-order valence-electron chi connectivity index (χ0n) is 13.7. The van der Waals surface area contributed by atoms with Gasteiger partial charge in [-0.2, -0.15) is 10.0 Å². The highest BCUT2D eigenvalue weighted by molar-refractivity contribution is 5.87. The Kier molecular flexibility index (Phi) is 5.32. The average Bonchev–Trinajstić information content (AvgIpc) is 2.85. The van der Waals surface area contributed by atoms with Gasteiger partial charge < -0.3 is 15.2 Å². The molecule has 10 heteroatoms. The molecular weight excluding hydrogens is 320 g/mol. The molecule has 0 aliphatic carbocycles. The minimum Gasteiger partial charge on any atom is -0.462 e. The third kappa shape index (κ3) is 3.30. The van der Waals surface area contributed by atoms with Crippen molar-refractivity contribution in [2.45, 2.75) is 32.0 Å². The number of anilines is 1.